The second-order valence-electron chi connectivity index (χ2n) is 18.3. The van der Waals surface area contributed by atoms with Crippen LogP contribution >= 0.6 is 7.82 Å². The lowest BCUT2D eigenvalue weighted by Gasteiger charge is -2.20. The van der Waals surface area contributed by atoms with Crippen LogP contribution in [-0.4, -0.2) is 66.3 Å². The number of ether oxygens (including phenoxy) is 2. The van der Waals surface area contributed by atoms with Gasteiger partial charge in [-0.25, -0.2) is 4.57 Å². The molecular formula is C53H103O9P. The summed E-state index contributed by atoms with van der Waals surface area (Å²) in [4.78, 5) is 22.7. The molecule has 0 fully saturated rings. The third kappa shape index (κ3) is 50.2. The highest BCUT2D eigenvalue weighted by atomic mass is 31.2. The van der Waals surface area contributed by atoms with Crippen molar-refractivity contribution in [3.63, 3.8) is 0 Å². The van der Waals surface area contributed by atoms with E-state index in [2.05, 4.69) is 38.2 Å². The van der Waals surface area contributed by atoms with Crippen molar-refractivity contribution in [3.05, 3.63) is 24.3 Å². The second kappa shape index (κ2) is 50.4. The van der Waals surface area contributed by atoms with Gasteiger partial charge >= 0.3 is 13.8 Å². The van der Waals surface area contributed by atoms with E-state index in [-0.39, 0.29) is 25.6 Å². The summed E-state index contributed by atoms with van der Waals surface area (Å²) in [5.74, 6) is -0.377. The maximum Gasteiger partial charge on any atom is 0.472 e. The topological polar surface area (TPSA) is 132 Å². The third-order valence-electron chi connectivity index (χ3n) is 11.9. The van der Waals surface area contributed by atoms with Crippen LogP contribution in [0.4, 0.5) is 0 Å². The molecule has 3 N–H and O–H groups in total. The highest BCUT2D eigenvalue weighted by Gasteiger charge is 2.26. The Balaban J connectivity index is 4.01. The van der Waals surface area contributed by atoms with E-state index in [4.69, 9.17) is 23.6 Å². The summed E-state index contributed by atoms with van der Waals surface area (Å²) in [7, 11) is -4.52. The zero-order chi connectivity index (χ0) is 46.0. The summed E-state index contributed by atoms with van der Waals surface area (Å²) in [5.41, 5.74) is 0. The first-order valence-electron chi connectivity index (χ1n) is 26.8. The van der Waals surface area contributed by atoms with E-state index in [9.17, 15) is 19.4 Å². The summed E-state index contributed by atoms with van der Waals surface area (Å²) in [6.45, 7) is 3.55. The minimum atomic E-state index is -4.52. The molecule has 9 nitrogen and oxygen atoms in total. The number of rotatable bonds is 52. The van der Waals surface area contributed by atoms with Crippen LogP contribution in [0.15, 0.2) is 24.3 Å². The van der Waals surface area contributed by atoms with Crippen LogP contribution in [0, 0.1) is 0 Å². The van der Waals surface area contributed by atoms with Crippen molar-refractivity contribution in [2.45, 2.75) is 276 Å². The zero-order valence-corrected chi connectivity index (χ0v) is 42.2. The molecule has 0 spiro atoms. The number of phosphoric ester groups is 1. The molecule has 3 atom stereocenters. The molecule has 0 aromatic carbocycles. The summed E-state index contributed by atoms with van der Waals surface area (Å²) in [6.07, 6.45) is 55.8. The first-order valence-corrected chi connectivity index (χ1v) is 28.3. The van der Waals surface area contributed by atoms with Crippen molar-refractivity contribution in [2.24, 2.45) is 0 Å². The van der Waals surface area contributed by atoms with Gasteiger partial charge in [0, 0.05) is 13.0 Å². The van der Waals surface area contributed by atoms with Crippen molar-refractivity contribution >= 4 is 13.8 Å². The molecular weight excluding hydrogens is 812 g/mol. The summed E-state index contributed by atoms with van der Waals surface area (Å²) in [5, 5.41) is 18.4. The highest BCUT2D eigenvalue weighted by Crippen LogP contribution is 2.43. The second-order valence-corrected chi connectivity index (χ2v) is 19.7. The van der Waals surface area contributed by atoms with E-state index in [1.807, 2.05) is 0 Å². The molecule has 0 rings (SSSR count). The zero-order valence-electron chi connectivity index (χ0n) is 41.3. The minimum absolute atomic E-state index is 0.0519. The molecule has 0 aliphatic heterocycles. The van der Waals surface area contributed by atoms with E-state index in [1.54, 1.807) is 0 Å². The van der Waals surface area contributed by atoms with Gasteiger partial charge in [-0.3, -0.25) is 13.8 Å². The van der Waals surface area contributed by atoms with Crippen LogP contribution in [0.5, 0.6) is 0 Å². The number of carbonyl (C=O) groups is 1. The van der Waals surface area contributed by atoms with Gasteiger partial charge in [-0.1, -0.05) is 237 Å². The Morgan fingerprint density at radius 3 is 1.30 bits per heavy atom. The molecule has 0 aromatic heterocycles. The van der Waals surface area contributed by atoms with Crippen LogP contribution in [0.3, 0.4) is 0 Å². The van der Waals surface area contributed by atoms with E-state index in [0.29, 0.717) is 6.61 Å². The Bertz CT molecular complexity index is 1040. The van der Waals surface area contributed by atoms with Crippen LogP contribution in [-0.2, 0) is 27.9 Å². The Morgan fingerprint density at radius 2 is 0.857 bits per heavy atom. The van der Waals surface area contributed by atoms with Gasteiger partial charge < -0.3 is 24.6 Å². The molecule has 10 heteroatoms. The normalized spacial score (nSPS) is 13.9. The van der Waals surface area contributed by atoms with Gasteiger partial charge in [0.15, 0.2) is 0 Å². The molecule has 374 valence electrons. The molecule has 0 aromatic rings. The maximum absolute atomic E-state index is 12.7. The standard InChI is InChI=1S/C53H103O9P/c1-3-5-7-9-11-13-15-17-19-21-23-25-26-27-29-31-33-35-37-39-41-43-45-53(56)62-52(50-61-63(57,58)60-48-51(55)47-54)49-59-46-44-42-40-38-36-34-32-30-28-24-22-20-18-16-14-12-10-8-6-4-2/h12,14,18,20,51-52,54-55H,3-11,13,15-17,19,21-50H2,1-2H3,(H,57,58)/b14-12-,20-18-. The van der Waals surface area contributed by atoms with Crippen LogP contribution in [0.2, 0.25) is 0 Å². The fraction of sp³-hybridized carbons (Fsp3) is 0.906. The van der Waals surface area contributed by atoms with E-state index in [1.165, 1.54) is 199 Å². The number of carbonyl (C=O) groups excluding carboxylic acids is 1. The number of aliphatic hydroxyl groups is 2. The lowest BCUT2D eigenvalue weighted by Crippen LogP contribution is -2.29. The van der Waals surface area contributed by atoms with Crippen molar-refractivity contribution < 1.29 is 43.0 Å². The van der Waals surface area contributed by atoms with Crippen LogP contribution in [0.25, 0.3) is 0 Å². The van der Waals surface area contributed by atoms with Crippen molar-refractivity contribution in [1.29, 1.82) is 0 Å². The van der Waals surface area contributed by atoms with Crippen molar-refractivity contribution in [1.82, 2.24) is 0 Å². The van der Waals surface area contributed by atoms with Gasteiger partial charge in [-0.05, 0) is 44.9 Å². The first kappa shape index (κ1) is 61.9. The lowest BCUT2D eigenvalue weighted by molar-refractivity contribution is -0.154. The van der Waals surface area contributed by atoms with Gasteiger partial charge in [-0.2, -0.15) is 0 Å². The largest absolute Gasteiger partial charge is 0.472 e. The number of unbranched alkanes of at least 4 members (excludes halogenated alkanes) is 34. The predicted octanol–water partition coefficient (Wildman–Crippen LogP) is 15.8. The van der Waals surface area contributed by atoms with Crippen molar-refractivity contribution in [2.75, 3.05) is 33.0 Å². The molecule has 0 heterocycles. The molecule has 63 heavy (non-hydrogen) atoms. The molecule has 0 aliphatic carbocycles. The predicted molar refractivity (Wildman–Crippen MR) is 265 cm³/mol. The number of aliphatic hydroxyl groups excluding tert-OH is 2. The number of phosphoric acid groups is 1. The Kier molecular flexibility index (Phi) is 49.5. The summed E-state index contributed by atoms with van der Waals surface area (Å²) < 4.78 is 33.6. The molecule has 0 amide bonds. The highest BCUT2D eigenvalue weighted by molar-refractivity contribution is 7.47. The molecule has 0 saturated carbocycles. The number of hydrogen-bond donors (Lipinski definition) is 3. The maximum atomic E-state index is 12.7. The number of allylic oxidation sites excluding steroid dienone is 4. The van der Waals surface area contributed by atoms with E-state index >= 15 is 0 Å². The van der Waals surface area contributed by atoms with Gasteiger partial charge in [0.25, 0.3) is 0 Å². The monoisotopic (exact) mass is 915 g/mol. The lowest BCUT2D eigenvalue weighted by atomic mass is 10.0. The fourth-order valence-corrected chi connectivity index (χ4v) is 8.59. The van der Waals surface area contributed by atoms with Gasteiger partial charge in [0.1, 0.15) is 12.2 Å². The fourth-order valence-electron chi connectivity index (χ4n) is 7.80. The summed E-state index contributed by atoms with van der Waals surface area (Å²) >= 11 is 0. The summed E-state index contributed by atoms with van der Waals surface area (Å²) in [6, 6.07) is 0. The first-order chi connectivity index (χ1) is 30.8. The third-order valence-corrected chi connectivity index (χ3v) is 12.8. The van der Waals surface area contributed by atoms with E-state index < -0.39 is 33.2 Å². The molecule has 0 radical (unpaired) electrons. The average Bonchev–Trinajstić information content (AvgIpc) is 3.28. The minimum Gasteiger partial charge on any atom is -0.457 e. The van der Waals surface area contributed by atoms with Crippen molar-refractivity contribution in [3.8, 4) is 0 Å². The van der Waals surface area contributed by atoms with E-state index in [0.717, 1.165) is 44.9 Å². The Morgan fingerprint density at radius 1 is 0.492 bits per heavy atom. The quantitative estimate of drug-likeness (QED) is 0.0236. The SMILES string of the molecule is CCCCC/C=C\C/C=C\CCCCCCCCCCCCOCC(COP(=O)(O)OCC(O)CO)OC(=O)CCCCCCCCCCCCCCCCCCCCCCCC. The number of esters is 1. The Labute approximate surface area is 389 Å². The molecule has 0 bridgehead atoms. The van der Waals surface area contributed by atoms with Gasteiger partial charge in [0.05, 0.1) is 26.4 Å². The molecule has 3 unspecified atom stereocenters. The van der Waals surface area contributed by atoms with Crippen LogP contribution < -0.4 is 0 Å². The smallest absolute Gasteiger partial charge is 0.457 e. The Hall–Kier alpha value is -1.06. The molecule has 0 saturated heterocycles. The van der Waals surface area contributed by atoms with Gasteiger partial charge in [0.2, 0.25) is 0 Å². The number of hydrogen-bond acceptors (Lipinski definition) is 8. The van der Waals surface area contributed by atoms with Crippen LogP contribution in [0.1, 0.15) is 264 Å². The average molecular weight is 915 g/mol. The molecule has 0 aliphatic rings. The van der Waals surface area contributed by atoms with Gasteiger partial charge in [-0.15, -0.1) is 0 Å².